The maximum atomic E-state index is 5.52. The number of nitrogens with zero attached hydrogens (tertiary/aromatic N) is 2. The molecular formula is C20H25BrN2OS. The number of fused-ring (bicyclic) bond motifs is 1. The van der Waals surface area contributed by atoms with Crippen LogP contribution in [0.1, 0.15) is 26.2 Å². The number of para-hydroxylation sites is 1. The van der Waals surface area contributed by atoms with Crippen LogP contribution in [0.3, 0.4) is 0 Å². The lowest BCUT2D eigenvalue weighted by Gasteiger charge is -2.30. The summed E-state index contributed by atoms with van der Waals surface area (Å²) >= 11 is 5.48. The van der Waals surface area contributed by atoms with Crippen molar-refractivity contribution in [3.63, 3.8) is 0 Å². The predicted octanol–water partition coefficient (Wildman–Crippen LogP) is 6.11. The topological polar surface area (TPSA) is 15.7 Å². The molecular weight excluding hydrogens is 396 g/mol. The van der Waals surface area contributed by atoms with Crippen LogP contribution in [0.15, 0.2) is 51.8 Å². The molecule has 0 N–H and O–H groups in total. The van der Waals surface area contributed by atoms with Crippen LogP contribution in [0.4, 0.5) is 11.4 Å². The lowest BCUT2D eigenvalue weighted by Crippen LogP contribution is -2.35. The van der Waals surface area contributed by atoms with E-state index >= 15 is 0 Å². The lowest BCUT2D eigenvalue weighted by molar-refractivity contribution is 0.382. The smallest absolute Gasteiger partial charge is 0.134 e. The fraction of sp³-hybridized carbons (Fsp3) is 0.400. The first-order valence-corrected chi connectivity index (χ1v) is 10.3. The number of hydrogen-bond acceptors (Lipinski definition) is 4. The Bertz CT molecular complexity index is 710. The second kappa shape index (κ2) is 8.47. The van der Waals surface area contributed by atoms with E-state index in [0.29, 0.717) is 6.04 Å². The van der Waals surface area contributed by atoms with Gasteiger partial charge in [-0.15, -0.1) is 0 Å². The molecule has 134 valence electrons. The summed E-state index contributed by atoms with van der Waals surface area (Å²) < 4.78 is 8.92. The second-order valence-electron chi connectivity index (χ2n) is 6.33. The normalized spacial score (nSPS) is 17.9. The number of ether oxygens (including phenoxy) is 1. The monoisotopic (exact) mass is 420 g/mol. The van der Waals surface area contributed by atoms with Crippen LogP contribution in [0, 0.1) is 0 Å². The minimum Gasteiger partial charge on any atom is -0.496 e. The van der Waals surface area contributed by atoms with Crippen LogP contribution in [-0.4, -0.2) is 31.0 Å². The zero-order valence-electron chi connectivity index (χ0n) is 15.0. The minimum absolute atomic E-state index is 0.502. The third-order valence-electron chi connectivity index (χ3n) is 4.63. The Morgan fingerprint density at radius 1 is 1.24 bits per heavy atom. The van der Waals surface area contributed by atoms with Crippen molar-refractivity contribution in [1.29, 1.82) is 0 Å². The molecule has 25 heavy (non-hydrogen) atoms. The van der Waals surface area contributed by atoms with E-state index in [0.717, 1.165) is 16.8 Å². The highest BCUT2D eigenvalue weighted by Gasteiger charge is 2.28. The Hall–Kier alpha value is -1.17. The average molecular weight is 421 g/mol. The summed E-state index contributed by atoms with van der Waals surface area (Å²) in [7, 11) is 3.92. The Labute approximate surface area is 163 Å². The van der Waals surface area contributed by atoms with Gasteiger partial charge in [0.2, 0.25) is 0 Å². The predicted molar refractivity (Wildman–Crippen MR) is 111 cm³/mol. The van der Waals surface area contributed by atoms with Crippen LogP contribution in [-0.2, 0) is 0 Å². The molecule has 5 heteroatoms. The summed E-state index contributed by atoms with van der Waals surface area (Å²) in [5.74, 6) is 0.875. The fourth-order valence-electron chi connectivity index (χ4n) is 3.18. The third-order valence-corrected chi connectivity index (χ3v) is 6.36. The number of methoxy groups -OCH3 is 1. The molecule has 0 aromatic heterocycles. The van der Waals surface area contributed by atoms with Crippen LogP contribution in [0.5, 0.6) is 5.75 Å². The molecule has 0 amide bonds. The van der Waals surface area contributed by atoms with E-state index in [-0.39, 0.29) is 0 Å². The maximum Gasteiger partial charge on any atom is 0.134 e. The molecule has 3 rings (SSSR count). The highest BCUT2D eigenvalue weighted by atomic mass is 79.9. The first-order valence-electron chi connectivity index (χ1n) is 8.75. The summed E-state index contributed by atoms with van der Waals surface area (Å²) in [5, 5.41) is 0. The van der Waals surface area contributed by atoms with E-state index in [2.05, 4.69) is 81.6 Å². The van der Waals surface area contributed by atoms with Crippen molar-refractivity contribution in [1.82, 2.24) is 4.31 Å². The van der Waals surface area contributed by atoms with Gasteiger partial charge in [-0.2, -0.15) is 0 Å². The standard InChI is InChI=1S/C20H25BrN2OS/c1-4-5-9-16-14-23(15-10-7-6-8-11-15)18-12-17(21)19(24-3)13-20(18)25-22(16)2/h6-8,10-13,16H,4-5,9,14H2,1-3H3. The molecule has 0 bridgehead atoms. The van der Waals surface area contributed by atoms with Gasteiger partial charge in [0, 0.05) is 18.3 Å². The number of hydrogen-bond donors (Lipinski definition) is 0. The van der Waals surface area contributed by atoms with Gasteiger partial charge in [-0.1, -0.05) is 38.0 Å². The molecule has 0 aliphatic carbocycles. The average Bonchev–Trinajstić information content (AvgIpc) is 2.76. The quantitative estimate of drug-likeness (QED) is 0.542. The zero-order chi connectivity index (χ0) is 17.8. The highest BCUT2D eigenvalue weighted by molar-refractivity contribution is 9.10. The van der Waals surface area contributed by atoms with E-state index in [4.69, 9.17) is 4.74 Å². The molecule has 1 aliphatic heterocycles. The van der Waals surface area contributed by atoms with Crippen molar-refractivity contribution in [2.24, 2.45) is 0 Å². The van der Waals surface area contributed by atoms with Crippen LogP contribution < -0.4 is 9.64 Å². The number of rotatable bonds is 5. The molecule has 0 fully saturated rings. The number of unbranched alkanes of at least 4 members (excludes halogenated alkanes) is 1. The third kappa shape index (κ3) is 4.15. The van der Waals surface area contributed by atoms with Crippen molar-refractivity contribution < 1.29 is 4.74 Å². The van der Waals surface area contributed by atoms with Gasteiger partial charge in [-0.05, 0) is 65.6 Å². The second-order valence-corrected chi connectivity index (χ2v) is 8.39. The first-order chi connectivity index (χ1) is 12.1. The molecule has 0 spiro atoms. The summed E-state index contributed by atoms with van der Waals surface area (Å²) in [5.41, 5.74) is 2.47. The largest absolute Gasteiger partial charge is 0.496 e. The number of anilines is 2. The Morgan fingerprint density at radius 3 is 2.68 bits per heavy atom. The molecule has 0 saturated heterocycles. The Balaban J connectivity index is 2.05. The lowest BCUT2D eigenvalue weighted by atomic mass is 10.1. The van der Waals surface area contributed by atoms with Gasteiger partial charge in [0.05, 0.1) is 22.2 Å². The van der Waals surface area contributed by atoms with Gasteiger partial charge in [0.15, 0.2) is 0 Å². The highest BCUT2D eigenvalue weighted by Crippen LogP contribution is 2.45. The molecule has 1 heterocycles. The molecule has 1 aliphatic rings. The SMILES string of the molecule is CCCCC1CN(c2ccccc2)c2cc(Br)c(OC)cc2SN1C. The molecule has 2 aromatic carbocycles. The van der Waals surface area contributed by atoms with E-state index in [9.17, 15) is 0 Å². The van der Waals surface area contributed by atoms with Crippen LogP contribution >= 0.6 is 27.9 Å². The summed E-state index contributed by atoms with van der Waals surface area (Å²) in [6, 6.07) is 15.5. The summed E-state index contributed by atoms with van der Waals surface area (Å²) in [4.78, 5) is 3.67. The van der Waals surface area contributed by atoms with Crippen molar-refractivity contribution in [2.75, 3.05) is 25.6 Å². The molecule has 0 radical (unpaired) electrons. The maximum absolute atomic E-state index is 5.52. The van der Waals surface area contributed by atoms with E-state index in [1.165, 1.54) is 35.5 Å². The molecule has 2 aromatic rings. The Kier molecular flexibility index (Phi) is 6.31. The van der Waals surface area contributed by atoms with Gasteiger partial charge in [0.1, 0.15) is 5.75 Å². The van der Waals surface area contributed by atoms with Crippen molar-refractivity contribution in [2.45, 2.75) is 37.1 Å². The van der Waals surface area contributed by atoms with Gasteiger partial charge in [-0.3, -0.25) is 0 Å². The van der Waals surface area contributed by atoms with Gasteiger partial charge >= 0.3 is 0 Å². The zero-order valence-corrected chi connectivity index (χ0v) is 17.4. The number of likely N-dealkylation sites (N-methyl/N-ethyl adjacent to an activating group) is 1. The number of halogens is 1. The number of benzene rings is 2. The van der Waals surface area contributed by atoms with Gasteiger partial charge < -0.3 is 9.64 Å². The molecule has 1 unspecified atom stereocenters. The minimum atomic E-state index is 0.502. The van der Waals surface area contributed by atoms with Crippen molar-refractivity contribution in [3.8, 4) is 5.75 Å². The first kappa shape index (κ1) is 18.6. The van der Waals surface area contributed by atoms with E-state index < -0.39 is 0 Å². The van der Waals surface area contributed by atoms with Crippen molar-refractivity contribution >= 4 is 39.3 Å². The summed E-state index contributed by atoms with van der Waals surface area (Å²) in [6.07, 6.45) is 3.68. The molecule has 3 nitrogen and oxygen atoms in total. The summed E-state index contributed by atoms with van der Waals surface area (Å²) in [6.45, 7) is 3.24. The van der Waals surface area contributed by atoms with E-state index in [1.807, 2.05) is 11.9 Å². The van der Waals surface area contributed by atoms with Crippen LogP contribution in [0.2, 0.25) is 0 Å². The molecule has 0 saturated carbocycles. The van der Waals surface area contributed by atoms with E-state index in [1.54, 1.807) is 7.11 Å². The molecule has 1 atom stereocenters. The van der Waals surface area contributed by atoms with Gasteiger partial charge in [0.25, 0.3) is 0 Å². The van der Waals surface area contributed by atoms with Crippen LogP contribution in [0.25, 0.3) is 0 Å². The van der Waals surface area contributed by atoms with Crippen molar-refractivity contribution in [3.05, 3.63) is 46.9 Å². The fourth-order valence-corrected chi connectivity index (χ4v) is 4.73. The van der Waals surface area contributed by atoms with Gasteiger partial charge in [-0.25, -0.2) is 4.31 Å². The Morgan fingerprint density at radius 2 is 2.00 bits per heavy atom.